The second-order valence-electron chi connectivity index (χ2n) is 4.55. The normalized spacial score (nSPS) is 15.1. The molecule has 0 saturated heterocycles. The molecular weight excluding hydrogens is 168 g/mol. The molecule has 0 aliphatic heterocycles. The Hall–Kier alpha value is -0.260. The summed E-state index contributed by atoms with van der Waals surface area (Å²) >= 11 is 0. The van der Waals surface area contributed by atoms with Crippen LogP contribution in [0.3, 0.4) is 0 Å². The van der Waals surface area contributed by atoms with E-state index in [1.165, 1.54) is 44.1 Å². The quantitative estimate of drug-likeness (QED) is 0.468. The van der Waals surface area contributed by atoms with Crippen LogP contribution in [0, 0.1) is 11.8 Å². The molecule has 84 valence electrons. The van der Waals surface area contributed by atoms with Gasteiger partial charge in [-0.25, -0.2) is 0 Å². The van der Waals surface area contributed by atoms with E-state index in [2.05, 4.69) is 34.3 Å². The van der Waals surface area contributed by atoms with Crippen molar-refractivity contribution in [1.82, 2.24) is 0 Å². The van der Waals surface area contributed by atoms with Gasteiger partial charge in [-0.1, -0.05) is 58.6 Å². The lowest BCUT2D eigenvalue weighted by Crippen LogP contribution is -2.15. The summed E-state index contributed by atoms with van der Waals surface area (Å²) in [6.07, 6.45) is 8.04. The van der Waals surface area contributed by atoms with E-state index in [9.17, 15) is 0 Å². The Balaban J connectivity index is 4.18. The first-order chi connectivity index (χ1) is 6.67. The van der Waals surface area contributed by atoms with Gasteiger partial charge in [-0.05, 0) is 31.6 Å². The topological polar surface area (TPSA) is 0 Å². The van der Waals surface area contributed by atoms with Crippen molar-refractivity contribution in [3.63, 3.8) is 0 Å². The Bertz CT molecular complexity index is 146. The Morgan fingerprint density at radius 1 is 1.07 bits per heavy atom. The summed E-state index contributed by atoms with van der Waals surface area (Å²) in [5, 5.41) is 0. The van der Waals surface area contributed by atoms with Crippen LogP contribution in [0.2, 0.25) is 0 Å². The molecule has 0 heterocycles. The van der Waals surface area contributed by atoms with E-state index < -0.39 is 0 Å². The summed E-state index contributed by atoms with van der Waals surface area (Å²) in [5.74, 6) is 1.66. The molecule has 0 saturated carbocycles. The first kappa shape index (κ1) is 13.7. The molecule has 0 radical (unpaired) electrons. The minimum Gasteiger partial charge on any atom is -0.0999 e. The van der Waals surface area contributed by atoms with E-state index in [1.54, 1.807) is 0 Å². The predicted octanol–water partition coefficient (Wildman–Crippen LogP) is 5.20. The van der Waals surface area contributed by atoms with Crippen LogP contribution in [0.5, 0.6) is 0 Å². The highest BCUT2D eigenvalue weighted by Gasteiger charge is 2.18. The van der Waals surface area contributed by atoms with E-state index in [1.807, 2.05) is 0 Å². The van der Waals surface area contributed by atoms with Crippen molar-refractivity contribution < 1.29 is 0 Å². The van der Waals surface area contributed by atoms with E-state index in [4.69, 9.17) is 0 Å². The standard InChI is InChI=1S/C14H28/c1-6-9-11-13(8-3)14(10-7-2)12(4)5/h13-14H,4,6-11H2,1-3,5H3. The van der Waals surface area contributed by atoms with Crippen molar-refractivity contribution in [2.24, 2.45) is 11.8 Å². The van der Waals surface area contributed by atoms with Crippen molar-refractivity contribution in [3.05, 3.63) is 12.2 Å². The Labute approximate surface area is 90.8 Å². The highest BCUT2D eigenvalue weighted by molar-refractivity contribution is 4.98. The van der Waals surface area contributed by atoms with Gasteiger partial charge in [0.1, 0.15) is 0 Å². The molecule has 2 atom stereocenters. The first-order valence-corrected chi connectivity index (χ1v) is 6.32. The van der Waals surface area contributed by atoms with Gasteiger partial charge in [-0.2, -0.15) is 0 Å². The van der Waals surface area contributed by atoms with Crippen LogP contribution in [0.4, 0.5) is 0 Å². The molecule has 14 heavy (non-hydrogen) atoms. The molecule has 0 nitrogen and oxygen atoms in total. The molecule has 0 bridgehead atoms. The highest BCUT2D eigenvalue weighted by atomic mass is 14.2. The van der Waals surface area contributed by atoms with Crippen LogP contribution in [0.1, 0.15) is 66.2 Å². The van der Waals surface area contributed by atoms with Gasteiger partial charge < -0.3 is 0 Å². The van der Waals surface area contributed by atoms with Crippen molar-refractivity contribution in [2.45, 2.75) is 66.2 Å². The second-order valence-corrected chi connectivity index (χ2v) is 4.55. The number of unbranched alkanes of at least 4 members (excludes halogenated alkanes) is 1. The summed E-state index contributed by atoms with van der Waals surface area (Å²) < 4.78 is 0. The van der Waals surface area contributed by atoms with E-state index >= 15 is 0 Å². The van der Waals surface area contributed by atoms with Gasteiger partial charge in [0, 0.05) is 0 Å². The Morgan fingerprint density at radius 2 is 1.71 bits per heavy atom. The minimum atomic E-state index is 0.775. The fourth-order valence-electron chi connectivity index (χ4n) is 2.35. The average Bonchev–Trinajstić information content (AvgIpc) is 2.17. The van der Waals surface area contributed by atoms with Crippen molar-refractivity contribution >= 4 is 0 Å². The smallest absolute Gasteiger partial charge is 0.0181 e. The van der Waals surface area contributed by atoms with Crippen LogP contribution in [-0.2, 0) is 0 Å². The fraction of sp³-hybridized carbons (Fsp3) is 0.857. The monoisotopic (exact) mass is 196 g/mol. The van der Waals surface area contributed by atoms with Crippen molar-refractivity contribution in [2.75, 3.05) is 0 Å². The summed E-state index contributed by atoms with van der Waals surface area (Å²) in [6.45, 7) is 13.2. The fourth-order valence-corrected chi connectivity index (χ4v) is 2.35. The number of hydrogen-bond donors (Lipinski definition) is 0. The summed E-state index contributed by atoms with van der Waals surface area (Å²) in [4.78, 5) is 0. The van der Waals surface area contributed by atoms with Crippen LogP contribution >= 0.6 is 0 Å². The summed E-state index contributed by atoms with van der Waals surface area (Å²) in [6, 6.07) is 0. The minimum absolute atomic E-state index is 0.775. The lowest BCUT2D eigenvalue weighted by Gasteiger charge is -2.26. The maximum Gasteiger partial charge on any atom is -0.0181 e. The number of allylic oxidation sites excluding steroid dienone is 1. The van der Waals surface area contributed by atoms with E-state index in [0.29, 0.717) is 0 Å². The number of hydrogen-bond acceptors (Lipinski definition) is 0. The SMILES string of the molecule is C=C(C)C(CCC)C(CC)CCCC. The first-order valence-electron chi connectivity index (χ1n) is 6.32. The molecule has 0 heteroatoms. The van der Waals surface area contributed by atoms with Gasteiger partial charge >= 0.3 is 0 Å². The lowest BCUT2D eigenvalue weighted by atomic mass is 9.79. The molecular formula is C14H28. The molecule has 0 spiro atoms. The molecule has 0 aromatic heterocycles. The maximum atomic E-state index is 4.15. The molecule has 0 N–H and O–H groups in total. The summed E-state index contributed by atoms with van der Waals surface area (Å²) in [7, 11) is 0. The van der Waals surface area contributed by atoms with Crippen LogP contribution in [0.15, 0.2) is 12.2 Å². The third kappa shape index (κ3) is 4.83. The van der Waals surface area contributed by atoms with E-state index in [0.717, 1.165) is 11.8 Å². The van der Waals surface area contributed by atoms with Gasteiger partial charge in [0.25, 0.3) is 0 Å². The van der Waals surface area contributed by atoms with E-state index in [-0.39, 0.29) is 0 Å². The predicted molar refractivity (Wildman–Crippen MR) is 66.5 cm³/mol. The third-order valence-corrected chi connectivity index (χ3v) is 3.25. The van der Waals surface area contributed by atoms with Crippen molar-refractivity contribution in [1.29, 1.82) is 0 Å². The van der Waals surface area contributed by atoms with Gasteiger partial charge in [0.15, 0.2) is 0 Å². The average molecular weight is 196 g/mol. The highest BCUT2D eigenvalue weighted by Crippen LogP contribution is 2.30. The molecule has 0 aromatic carbocycles. The molecule has 0 amide bonds. The van der Waals surface area contributed by atoms with Gasteiger partial charge in [-0.15, -0.1) is 0 Å². The van der Waals surface area contributed by atoms with Crippen LogP contribution < -0.4 is 0 Å². The third-order valence-electron chi connectivity index (χ3n) is 3.25. The van der Waals surface area contributed by atoms with Crippen LogP contribution in [0.25, 0.3) is 0 Å². The molecule has 0 aliphatic carbocycles. The Kier molecular flexibility index (Phi) is 7.93. The zero-order valence-corrected chi connectivity index (χ0v) is 10.6. The Morgan fingerprint density at radius 3 is 2.07 bits per heavy atom. The maximum absolute atomic E-state index is 4.15. The largest absolute Gasteiger partial charge is 0.0999 e. The molecule has 0 aliphatic rings. The molecule has 0 fully saturated rings. The van der Waals surface area contributed by atoms with Crippen LogP contribution in [-0.4, -0.2) is 0 Å². The molecule has 2 unspecified atom stereocenters. The van der Waals surface area contributed by atoms with Gasteiger partial charge in [-0.3, -0.25) is 0 Å². The zero-order chi connectivity index (χ0) is 11.0. The molecule has 0 aromatic rings. The summed E-state index contributed by atoms with van der Waals surface area (Å²) in [5.41, 5.74) is 1.40. The molecule has 0 rings (SSSR count). The van der Waals surface area contributed by atoms with Gasteiger partial charge in [0.05, 0.1) is 0 Å². The zero-order valence-electron chi connectivity index (χ0n) is 10.6. The van der Waals surface area contributed by atoms with Crippen molar-refractivity contribution in [3.8, 4) is 0 Å². The number of rotatable bonds is 8. The lowest BCUT2D eigenvalue weighted by molar-refractivity contribution is 0.317. The van der Waals surface area contributed by atoms with Gasteiger partial charge in [0.2, 0.25) is 0 Å². The second kappa shape index (κ2) is 8.08.